The second-order valence-electron chi connectivity index (χ2n) is 2.95. The average molecular weight is 201 g/mol. The molecule has 0 saturated heterocycles. The van der Waals surface area contributed by atoms with Crippen LogP contribution in [-0.4, -0.2) is 26.5 Å². The highest BCUT2D eigenvalue weighted by atomic mass is 32.1. The third-order valence-electron chi connectivity index (χ3n) is 1.57. The SMILES string of the molecule is CC(C)C(Nc1ncns1)C(=O)O. The zero-order valence-corrected chi connectivity index (χ0v) is 8.21. The van der Waals surface area contributed by atoms with E-state index < -0.39 is 12.0 Å². The molecule has 5 nitrogen and oxygen atoms in total. The summed E-state index contributed by atoms with van der Waals surface area (Å²) in [4.78, 5) is 14.6. The summed E-state index contributed by atoms with van der Waals surface area (Å²) in [6.07, 6.45) is 1.40. The van der Waals surface area contributed by atoms with Gasteiger partial charge in [-0.15, -0.1) is 0 Å². The van der Waals surface area contributed by atoms with Crippen molar-refractivity contribution in [1.82, 2.24) is 9.36 Å². The van der Waals surface area contributed by atoms with Crippen LogP contribution < -0.4 is 5.32 Å². The quantitative estimate of drug-likeness (QED) is 0.761. The molecule has 2 N–H and O–H groups in total. The van der Waals surface area contributed by atoms with E-state index in [1.54, 1.807) is 0 Å². The Balaban J connectivity index is 2.63. The first-order valence-electron chi connectivity index (χ1n) is 3.87. The van der Waals surface area contributed by atoms with E-state index in [1.165, 1.54) is 6.33 Å². The van der Waals surface area contributed by atoms with Crippen molar-refractivity contribution in [2.24, 2.45) is 5.92 Å². The van der Waals surface area contributed by atoms with Crippen LogP contribution >= 0.6 is 11.5 Å². The molecule has 0 fully saturated rings. The van der Waals surface area contributed by atoms with Gasteiger partial charge in [-0.05, 0) is 5.92 Å². The first-order valence-corrected chi connectivity index (χ1v) is 4.64. The van der Waals surface area contributed by atoms with Gasteiger partial charge < -0.3 is 10.4 Å². The maximum absolute atomic E-state index is 10.8. The molecular weight excluding hydrogens is 190 g/mol. The van der Waals surface area contributed by atoms with Crippen molar-refractivity contribution in [2.45, 2.75) is 19.9 Å². The molecule has 1 aromatic heterocycles. The van der Waals surface area contributed by atoms with E-state index in [4.69, 9.17) is 5.11 Å². The highest BCUT2D eigenvalue weighted by Gasteiger charge is 2.21. The lowest BCUT2D eigenvalue weighted by molar-refractivity contribution is -0.138. The van der Waals surface area contributed by atoms with Crippen molar-refractivity contribution in [1.29, 1.82) is 0 Å². The molecule has 0 aliphatic heterocycles. The highest BCUT2D eigenvalue weighted by molar-refractivity contribution is 7.09. The van der Waals surface area contributed by atoms with E-state index in [0.29, 0.717) is 5.13 Å². The lowest BCUT2D eigenvalue weighted by atomic mass is 10.1. The second-order valence-corrected chi connectivity index (χ2v) is 3.73. The van der Waals surface area contributed by atoms with Crippen LogP contribution in [0.1, 0.15) is 13.8 Å². The molecule has 0 bridgehead atoms. The van der Waals surface area contributed by atoms with E-state index in [1.807, 2.05) is 13.8 Å². The largest absolute Gasteiger partial charge is 0.480 e. The van der Waals surface area contributed by atoms with E-state index in [2.05, 4.69) is 14.7 Å². The van der Waals surface area contributed by atoms with E-state index in [9.17, 15) is 4.79 Å². The Morgan fingerprint density at radius 3 is 2.77 bits per heavy atom. The van der Waals surface area contributed by atoms with Crippen molar-refractivity contribution in [3.8, 4) is 0 Å². The molecule has 13 heavy (non-hydrogen) atoms. The second kappa shape index (κ2) is 4.18. The number of nitrogens with zero attached hydrogens (tertiary/aromatic N) is 2. The molecule has 0 aliphatic rings. The van der Waals surface area contributed by atoms with Crippen molar-refractivity contribution < 1.29 is 9.90 Å². The minimum absolute atomic E-state index is 0.0152. The topological polar surface area (TPSA) is 75.1 Å². The third-order valence-corrected chi connectivity index (χ3v) is 2.17. The number of aromatic nitrogens is 2. The van der Waals surface area contributed by atoms with Crippen molar-refractivity contribution in [3.63, 3.8) is 0 Å². The number of carbonyl (C=O) groups is 1. The number of carboxylic acids is 1. The summed E-state index contributed by atoms with van der Waals surface area (Å²) in [5, 5.41) is 12.2. The van der Waals surface area contributed by atoms with Gasteiger partial charge in [0.05, 0.1) is 0 Å². The molecule has 72 valence electrons. The molecule has 0 amide bonds. The number of carboxylic acid groups (broad SMARTS) is 1. The van der Waals surface area contributed by atoms with E-state index in [0.717, 1.165) is 11.5 Å². The molecule has 1 rings (SSSR count). The van der Waals surface area contributed by atoms with Crippen LogP contribution in [-0.2, 0) is 4.79 Å². The van der Waals surface area contributed by atoms with Crippen molar-refractivity contribution >= 4 is 22.6 Å². The Kier molecular flexibility index (Phi) is 3.18. The zero-order valence-electron chi connectivity index (χ0n) is 7.39. The van der Waals surface area contributed by atoms with Gasteiger partial charge in [-0.25, -0.2) is 9.78 Å². The van der Waals surface area contributed by atoms with Gasteiger partial charge in [-0.2, -0.15) is 4.37 Å². The molecule has 0 saturated carbocycles. The summed E-state index contributed by atoms with van der Waals surface area (Å²) in [6, 6.07) is -0.604. The predicted molar refractivity (Wildman–Crippen MR) is 49.8 cm³/mol. The van der Waals surface area contributed by atoms with Crippen LogP contribution in [0.15, 0.2) is 6.33 Å². The molecule has 6 heteroatoms. The van der Waals surface area contributed by atoms with Crippen LogP contribution in [0.25, 0.3) is 0 Å². The average Bonchev–Trinajstić information content (AvgIpc) is 2.50. The van der Waals surface area contributed by atoms with Crippen LogP contribution in [0.3, 0.4) is 0 Å². The highest BCUT2D eigenvalue weighted by Crippen LogP contribution is 2.13. The summed E-state index contributed by atoms with van der Waals surface area (Å²) in [5.74, 6) is -0.855. The van der Waals surface area contributed by atoms with Crippen LogP contribution in [0.5, 0.6) is 0 Å². The summed E-state index contributed by atoms with van der Waals surface area (Å²) >= 11 is 1.15. The molecule has 0 radical (unpaired) electrons. The number of nitrogens with one attached hydrogen (secondary N) is 1. The molecule has 1 unspecified atom stereocenters. The minimum Gasteiger partial charge on any atom is -0.480 e. The van der Waals surface area contributed by atoms with Gasteiger partial charge in [0, 0.05) is 11.5 Å². The number of hydrogen-bond acceptors (Lipinski definition) is 5. The van der Waals surface area contributed by atoms with Crippen LogP contribution in [0, 0.1) is 5.92 Å². The maximum atomic E-state index is 10.8. The van der Waals surface area contributed by atoms with E-state index in [-0.39, 0.29) is 5.92 Å². The molecule has 1 atom stereocenters. The Morgan fingerprint density at radius 2 is 2.38 bits per heavy atom. The Morgan fingerprint density at radius 1 is 1.69 bits per heavy atom. The predicted octanol–water partition coefficient (Wildman–Crippen LogP) is 1.06. The van der Waals surface area contributed by atoms with Gasteiger partial charge in [0.2, 0.25) is 5.13 Å². The Bertz CT molecular complexity index is 273. The molecule has 0 aromatic carbocycles. The first-order chi connectivity index (χ1) is 6.11. The van der Waals surface area contributed by atoms with Gasteiger partial charge in [0.15, 0.2) is 0 Å². The fraction of sp³-hybridized carbons (Fsp3) is 0.571. The number of rotatable bonds is 4. The Labute approximate surface area is 80.0 Å². The normalized spacial score (nSPS) is 12.8. The molecule has 1 aromatic rings. The maximum Gasteiger partial charge on any atom is 0.326 e. The molecule has 1 heterocycles. The summed E-state index contributed by atoms with van der Waals surface area (Å²) in [7, 11) is 0. The fourth-order valence-corrected chi connectivity index (χ4v) is 1.35. The number of anilines is 1. The van der Waals surface area contributed by atoms with Crippen molar-refractivity contribution in [3.05, 3.63) is 6.33 Å². The summed E-state index contributed by atoms with van der Waals surface area (Å²) in [5.41, 5.74) is 0. The van der Waals surface area contributed by atoms with Gasteiger partial charge >= 0.3 is 5.97 Å². The fourth-order valence-electron chi connectivity index (χ4n) is 0.883. The lowest BCUT2D eigenvalue weighted by Crippen LogP contribution is -2.34. The lowest BCUT2D eigenvalue weighted by Gasteiger charge is -2.16. The number of hydrogen-bond donors (Lipinski definition) is 2. The summed E-state index contributed by atoms with van der Waals surface area (Å²) in [6.45, 7) is 3.68. The van der Waals surface area contributed by atoms with E-state index >= 15 is 0 Å². The molecule has 0 spiro atoms. The third kappa shape index (κ3) is 2.66. The standard InChI is InChI=1S/C7H11N3O2S/c1-4(2)5(6(11)12)10-7-8-3-9-13-7/h3-5H,1-2H3,(H,11,12)(H,8,9,10). The molecular formula is C7H11N3O2S. The van der Waals surface area contributed by atoms with Crippen molar-refractivity contribution in [2.75, 3.05) is 5.32 Å². The van der Waals surface area contributed by atoms with Crippen LogP contribution in [0.4, 0.5) is 5.13 Å². The Hall–Kier alpha value is -1.17. The van der Waals surface area contributed by atoms with Gasteiger partial charge in [-0.3, -0.25) is 0 Å². The van der Waals surface area contributed by atoms with Crippen LogP contribution in [0.2, 0.25) is 0 Å². The van der Waals surface area contributed by atoms with Gasteiger partial charge in [0.1, 0.15) is 12.4 Å². The smallest absolute Gasteiger partial charge is 0.326 e. The monoisotopic (exact) mass is 201 g/mol. The molecule has 0 aliphatic carbocycles. The summed E-state index contributed by atoms with van der Waals surface area (Å²) < 4.78 is 3.77. The minimum atomic E-state index is -0.870. The van der Waals surface area contributed by atoms with Gasteiger partial charge in [0.25, 0.3) is 0 Å². The zero-order chi connectivity index (χ0) is 9.84. The number of aliphatic carboxylic acids is 1. The van der Waals surface area contributed by atoms with Gasteiger partial charge in [-0.1, -0.05) is 13.8 Å². The first kappa shape index (κ1) is 9.91.